The molecule has 0 radical (unpaired) electrons. The Kier molecular flexibility index (Phi) is 4.56. The number of aliphatic carboxylic acids is 1. The summed E-state index contributed by atoms with van der Waals surface area (Å²) in [5.74, 6) is -0.639. The highest BCUT2D eigenvalue weighted by molar-refractivity contribution is 6.20. The lowest BCUT2D eigenvalue weighted by Crippen LogP contribution is -2.05. The van der Waals surface area contributed by atoms with Crippen LogP contribution in [0.5, 0.6) is 11.5 Å². The van der Waals surface area contributed by atoms with Crippen LogP contribution in [0.1, 0.15) is 35.1 Å². The van der Waals surface area contributed by atoms with E-state index < -0.39 is 5.97 Å². The third kappa shape index (κ3) is 3.27. The van der Waals surface area contributed by atoms with Gasteiger partial charge in [-0.25, -0.2) is 4.79 Å². The predicted molar refractivity (Wildman–Crippen MR) is 93.2 cm³/mol. The fourth-order valence-corrected chi connectivity index (χ4v) is 3.13. The zero-order valence-corrected chi connectivity index (χ0v) is 13.6. The molecule has 0 saturated heterocycles. The second kappa shape index (κ2) is 6.79. The van der Waals surface area contributed by atoms with Crippen molar-refractivity contribution in [2.75, 3.05) is 7.11 Å². The number of fused-ring (bicyclic) bond motifs is 1. The molecule has 124 valence electrons. The number of carboxylic acid groups (broad SMARTS) is 1. The quantitative estimate of drug-likeness (QED) is 0.661. The SMILES string of the molecule is COc1ccc(/C=C(\C(=O)O)c2ccc3c(c2)CCCC3)cc1O. The van der Waals surface area contributed by atoms with Gasteiger partial charge in [0.05, 0.1) is 12.7 Å². The first-order valence-electron chi connectivity index (χ1n) is 8.02. The number of benzene rings is 2. The molecule has 4 nitrogen and oxygen atoms in total. The second-order valence-corrected chi connectivity index (χ2v) is 5.99. The van der Waals surface area contributed by atoms with E-state index in [1.54, 1.807) is 18.2 Å². The van der Waals surface area contributed by atoms with E-state index in [2.05, 4.69) is 0 Å². The number of hydrogen-bond donors (Lipinski definition) is 2. The van der Waals surface area contributed by atoms with Gasteiger partial charge in [-0.3, -0.25) is 0 Å². The van der Waals surface area contributed by atoms with Crippen molar-refractivity contribution in [3.05, 3.63) is 58.7 Å². The standard InChI is InChI=1S/C20H20O4/c1-24-19-9-6-13(11-18(19)21)10-17(20(22)23)16-8-7-14-4-2-3-5-15(14)12-16/h6-12,21H,2-5H2,1H3,(H,22,23)/b17-10-. The third-order valence-electron chi connectivity index (χ3n) is 4.40. The first kappa shape index (κ1) is 16.1. The molecule has 0 bridgehead atoms. The summed E-state index contributed by atoms with van der Waals surface area (Å²) in [5.41, 5.74) is 4.08. The van der Waals surface area contributed by atoms with Crippen LogP contribution in [-0.4, -0.2) is 23.3 Å². The fourth-order valence-electron chi connectivity index (χ4n) is 3.13. The number of phenols is 1. The predicted octanol–water partition coefficient (Wildman–Crippen LogP) is 3.90. The number of carboxylic acids is 1. The van der Waals surface area contributed by atoms with Crippen LogP contribution in [0.2, 0.25) is 0 Å². The molecule has 0 heterocycles. The normalized spacial score (nSPS) is 14.1. The molecule has 2 aromatic rings. The topological polar surface area (TPSA) is 66.8 Å². The Hall–Kier alpha value is -2.75. The van der Waals surface area contributed by atoms with Crippen LogP contribution in [0.25, 0.3) is 11.6 Å². The molecule has 24 heavy (non-hydrogen) atoms. The summed E-state index contributed by atoms with van der Waals surface area (Å²) in [6.45, 7) is 0. The molecule has 1 aliphatic carbocycles. The van der Waals surface area contributed by atoms with Crippen molar-refractivity contribution in [2.45, 2.75) is 25.7 Å². The van der Waals surface area contributed by atoms with Gasteiger partial charge in [-0.15, -0.1) is 0 Å². The van der Waals surface area contributed by atoms with Crippen molar-refractivity contribution < 1.29 is 19.7 Å². The maximum absolute atomic E-state index is 11.7. The Morgan fingerprint density at radius 2 is 1.83 bits per heavy atom. The van der Waals surface area contributed by atoms with Crippen molar-refractivity contribution in [1.29, 1.82) is 0 Å². The van der Waals surface area contributed by atoms with Gasteiger partial charge in [0.15, 0.2) is 11.5 Å². The smallest absolute Gasteiger partial charge is 0.336 e. The van der Waals surface area contributed by atoms with Gasteiger partial charge in [0, 0.05) is 0 Å². The number of rotatable bonds is 4. The third-order valence-corrected chi connectivity index (χ3v) is 4.40. The van der Waals surface area contributed by atoms with Gasteiger partial charge < -0.3 is 14.9 Å². The number of methoxy groups -OCH3 is 1. The lowest BCUT2D eigenvalue weighted by atomic mass is 9.89. The van der Waals surface area contributed by atoms with Crippen LogP contribution < -0.4 is 4.74 Å². The van der Waals surface area contributed by atoms with Gasteiger partial charge in [0.2, 0.25) is 0 Å². The molecule has 0 unspecified atom stereocenters. The van der Waals surface area contributed by atoms with Gasteiger partial charge in [0.1, 0.15) is 0 Å². The number of phenolic OH excluding ortho intramolecular Hbond substituents is 1. The molecule has 3 rings (SSSR count). The number of ether oxygens (including phenoxy) is 1. The van der Waals surface area contributed by atoms with Crippen molar-refractivity contribution in [2.24, 2.45) is 0 Å². The van der Waals surface area contributed by atoms with Gasteiger partial charge in [0.25, 0.3) is 0 Å². The van der Waals surface area contributed by atoms with Gasteiger partial charge in [-0.2, -0.15) is 0 Å². The molecular formula is C20H20O4. The molecule has 0 aromatic heterocycles. The van der Waals surface area contributed by atoms with Crippen LogP contribution in [0.4, 0.5) is 0 Å². The van der Waals surface area contributed by atoms with Crippen LogP contribution in [0, 0.1) is 0 Å². The minimum Gasteiger partial charge on any atom is -0.504 e. The Labute approximate surface area is 141 Å². The van der Waals surface area contributed by atoms with Gasteiger partial charge in [-0.1, -0.05) is 24.3 Å². The molecule has 0 aliphatic heterocycles. The van der Waals surface area contributed by atoms with E-state index in [4.69, 9.17) is 4.74 Å². The molecule has 0 saturated carbocycles. The molecule has 4 heteroatoms. The molecule has 2 aromatic carbocycles. The van der Waals surface area contributed by atoms with E-state index in [1.165, 1.54) is 30.7 Å². The van der Waals surface area contributed by atoms with E-state index in [1.807, 2.05) is 18.2 Å². The summed E-state index contributed by atoms with van der Waals surface area (Å²) in [7, 11) is 1.47. The van der Waals surface area contributed by atoms with E-state index in [0.717, 1.165) is 19.3 Å². The largest absolute Gasteiger partial charge is 0.504 e. The Morgan fingerprint density at radius 3 is 2.50 bits per heavy atom. The number of hydrogen-bond acceptors (Lipinski definition) is 3. The minimum absolute atomic E-state index is 0.0126. The molecular weight excluding hydrogens is 304 g/mol. The molecule has 0 fully saturated rings. The van der Waals surface area contributed by atoms with Crippen molar-refractivity contribution in [1.82, 2.24) is 0 Å². The average molecular weight is 324 g/mol. The zero-order chi connectivity index (χ0) is 17.1. The zero-order valence-electron chi connectivity index (χ0n) is 13.6. The maximum Gasteiger partial charge on any atom is 0.336 e. The molecule has 0 spiro atoms. The van der Waals surface area contributed by atoms with Gasteiger partial charge >= 0.3 is 5.97 Å². The van der Waals surface area contributed by atoms with Crippen LogP contribution >= 0.6 is 0 Å². The van der Waals surface area contributed by atoms with E-state index >= 15 is 0 Å². The monoisotopic (exact) mass is 324 g/mol. The summed E-state index contributed by atoms with van der Waals surface area (Å²) in [5, 5.41) is 19.5. The van der Waals surface area contributed by atoms with Crippen LogP contribution in [-0.2, 0) is 17.6 Å². The average Bonchev–Trinajstić information content (AvgIpc) is 2.59. The highest BCUT2D eigenvalue weighted by atomic mass is 16.5. The van der Waals surface area contributed by atoms with E-state index in [9.17, 15) is 15.0 Å². The van der Waals surface area contributed by atoms with Gasteiger partial charge in [-0.05, 0) is 66.1 Å². The first-order valence-corrected chi connectivity index (χ1v) is 8.02. The summed E-state index contributed by atoms with van der Waals surface area (Å²) < 4.78 is 5.01. The lowest BCUT2D eigenvalue weighted by molar-refractivity contribution is -0.130. The molecule has 2 N–H and O–H groups in total. The molecule has 0 atom stereocenters. The van der Waals surface area contributed by atoms with Crippen molar-refractivity contribution >= 4 is 17.6 Å². The Morgan fingerprint density at radius 1 is 1.08 bits per heavy atom. The summed E-state index contributed by atoms with van der Waals surface area (Å²) in [4.78, 5) is 11.7. The number of aromatic hydroxyl groups is 1. The number of carbonyl (C=O) groups is 1. The molecule has 1 aliphatic rings. The van der Waals surface area contributed by atoms with E-state index in [0.29, 0.717) is 16.9 Å². The van der Waals surface area contributed by atoms with E-state index in [-0.39, 0.29) is 11.3 Å². The highest BCUT2D eigenvalue weighted by Gasteiger charge is 2.15. The van der Waals surface area contributed by atoms with Crippen molar-refractivity contribution in [3.63, 3.8) is 0 Å². The second-order valence-electron chi connectivity index (χ2n) is 5.99. The summed E-state index contributed by atoms with van der Waals surface area (Å²) in [6, 6.07) is 10.7. The lowest BCUT2D eigenvalue weighted by Gasteiger charge is -2.16. The summed E-state index contributed by atoms with van der Waals surface area (Å²) in [6.07, 6.45) is 5.98. The highest BCUT2D eigenvalue weighted by Crippen LogP contribution is 2.30. The fraction of sp³-hybridized carbons (Fsp3) is 0.250. The maximum atomic E-state index is 11.7. The Balaban J connectivity index is 2.01. The Bertz CT molecular complexity index is 805. The van der Waals surface area contributed by atoms with Crippen LogP contribution in [0.3, 0.4) is 0 Å². The first-order chi connectivity index (χ1) is 11.6. The molecule has 0 amide bonds. The van der Waals surface area contributed by atoms with Crippen LogP contribution in [0.15, 0.2) is 36.4 Å². The number of aryl methyl sites for hydroxylation is 2. The summed E-state index contributed by atoms with van der Waals surface area (Å²) >= 11 is 0. The minimum atomic E-state index is -0.985. The van der Waals surface area contributed by atoms with Crippen molar-refractivity contribution in [3.8, 4) is 11.5 Å².